The molecule has 1 amide bonds. The molecular weight excluding hydrogens is 300 g/mol. The first kappa shape index (κ1) is 15.8. The number of benzene rings is 2. The van der Waals surface area contributed by atoms with Crippen molar-refractivity contribution in [3.8, 4) is 0 Å². The number of hydrogen-bond acceptors (Lipinski definition) is 3. The highest BCUT2D eigenvalue weighted by Gasteiger charge is 2.09. The van der Waals surface area contributed by atoms with Crippen LogP contribution in [0.5, 0.6) is 0 Å². The first-order valence-corrected chi connectivity index (χ1v) is 7.76. The minimum Gasteiger partial charge on any atom is -0.399 e. The van der Waals surface area contributed by atoms with Crippen LogP contribution in [0.2, 0.25) is 0 Å². The summed E-state index contributed by atoms with van der Waals surface area (Å²) in [6, 6.07) is 15.4. The molecule has 0 atom stereocenters. The van der Waals surface area contributed by atoms with Crippen LogP contribution in [0.25, 0.3) is 10.9 Å². The van der Waals surface area contributed by atoms with Gasteiger partial charge in [0.2, 0.25) is 5.91 Å². The lowest BCUT2D eigenvalue weighted by Crippen LogP contribution is -2.19. The topological polar surface area (TPSA) is 72.4 Å². The number of aryl methyl sites for hydroxylation is 1. The van der Waals surface area contributed by atoms with E-state index in [9.17, 15) is 4.79 Å². The predicted octanol–water partition coefficient (Wildman–Crippen LogP) is 2.76. The average Bonchev–Trinajstić information content (AvgIpc) is 2.82. The Morgan fingerprint density at radius 2 is 1.92 bits per heavy atom. The fourth-order valence-electron chi connectivity index (χ4n) is 2.74. The summed E-state index contributed by atoms with van der Waals surface area (Å²) in [6.45, 7) is 2.04. The highest BCUT2D eigenvalue weighted by Crippen LogP contribution is 2.22. The second kappa shape index (κ2) is 6.58. The first-order valence-electron chi connectivity index (χ1n) is 7.76. The van der Waals surface area contributed by atoms with E-state index in [1.165, 1.54) is 0 Å². The molecule has 3 N–H and O–H groups in total. The van der Waals surface area contributed by atoms with Crippen molar-refractivity contribution in [3.05, 3.63) is 65.4 Å². The van der Waals surface area contributed by atoms with Crippen LogP contribution < -0.4 is 11.2 Å². The molecule has 1 heterocycles. The number of aromatic nitrogens is 1. The SMILES string of the molecule is Cc1c(/C=N\NC(=O)Cc2ccc(N)cc2)c2ccccc2n1C. The van der Waals surface area contributed by atoms with Crippen molar-refractivity contribution in [1.82, 2.24) is 9.99 Å². The van der Waals surface area contributed by atoms with E-state index in [1.807, 2.05) is 38.2 Å². The first-order chi connectivity index (χ1) is 11.6. The van der Waals surface area contributed by atoms with Crippen LogP contribution in [0.1, 0.15) is 16.8 Å². The number of hydrazone groups is 1. The molecular formula is C19H20N4O. The van der Waals surface area contributed by atoms with Crippen molar-refractivity contribution in [2.45, 2.75) is 13.3 Å². The van der Waals surface area contributed by atoms with E-state index in [4.69, 9.17) is 5.73 Å². The monoisotopic (exact) mass is 320 g/mol. The number of rotatable bonds is 4. The standard InChI is InChI=1S/C19H20N4O/c1-13-17(16-5-3-4-6-18(16)23(13)2)12-21-22-19(24)11-14-7-9-15(20)10-8-14/h3-10,12H,11,20H2,1-2H3,(H,22,24)/b21-12-. The Labute approximate surface area is 140 Å². The lowest BCUT2D eigenvalue weighted by Gasteiger charge is -2.01. The molecule has 0 aliphatic heterocycles. The molecule has 0 unspecified atom stereocenters. The molecule has 5 nitrogen and oxygen atoms in total. The van der Waals surface area contributed by atoms with E-state index in [0.717, 1.165) is 27.7 Å². The van der Waals surface area contributed by atoms with Gasteiger partial charge >= 0.3 is 0 Å². The van der Waals surface area contributed by atoms with Crippen LogP contribution in [0.15, 0.2) is 53.6 Å². The summed E-state index contributed by atoms with van der Waals surface area (Å²) in [6.07, 6.45) is 1.98. The molecule has 0 spiro atoms. The van der Waals surface area contributed by atoms with E-state index < -0.39 is 0 Å². The maximum absolute atomic E-state index is 12.0. The van der Waals surface area contributed by atoms with Crippen molar-refractivity contribution in [2.75, 3.05) is 5.73 Å². The fourth-order valence-corrected chi connectivity index (χ4v) is 2.74. The second-order valence-electron chi connectivity index (χ2n) is 5.79. The number of anilines is 1. The zero-order chi connectivity index (χ0) is 17.1. The Hall–Kier alpha value is -3.08. The number of amides is 1. The summed E-state index contributed by atoms with van der Waals surface area (Å²) in [4.78, 5) is 12.0. The molecule has 0 bridgehead atoms. The van der Waals surface area contributed by atoms with E-state index in [1.54, 1.807) is 18.3 Å². The molecule has 122 valence electrons. The Kier molecular flexibility index (Phi) is 4.33. The summed E-state index contributed by atoms with van der Waals surface area (Å²) in [5.41, 5.74) is 13.1. The van der Waals surface area contributed by atoms with Crippen LogP contribution >= 0.6 is 0 Å². The summed E-state index contributed by atoms with van der Waals surface area (Å²) < 4.78 is 2.12. The highest BCUT2D eigenvalue weighted by atomic mass is 16.2. The largest absolute Gasteiger partial charge is 0.399 e. The molecule has 0 radical (unpaired) electrons. The lowest BCUT2D eigenvalue weighted by atomic mass is 10.1. The summed E-state index contributed by atoms with van der Waals surface area (Å²) in [5.74, 6) is -0.158. The third-order valence-corrected chi connectivity index (χ3v) is 4.18. The minimum atomic E-state index is -0.158. The molecule has 1 aromatic heterocycles. The molecule has 0 aliphatic carbocycles. The van der Waals surface area contributed by atoms with Gasteiger partial charge in [-0.25, -0.2) is 5.43 Å². The average molecular weight is 320 g/mol. The van der Waals surface area contributed by atoms with E-state index in [2.05, 4.69) is 27.2 Å². The van der Waals surface area contributed by atoms with Crippen LogP contribution in [0.4, 0.5) is 5.69 Å². The van der Waals surface area contributed by atoms with Crippen molar-refractivity contribution in [3.63, 3.8) is 0 Å². The van der Waals surface area contributed by atoms with Crippen LogP contribution in [-0.2, 0) is 18.3 Å². The van der Waals surface area contributed by atoms with E-state index in [-0.39, 0.29) is 12.3 Å². The van der Waals surface area contributed by atoms with Crippen molar-refractivity contribution in [1.29, 1.82) is 0 Å². The molecule has 2 aromatic carbocycles. The number of nitrogens with one attached hydrogen (secondary N) is 1. The van der Waals surface area contributed by atoms with Crippen molar-refractivity contribution >= 4 is 28.7 Å². The van der Waals surface area contributed by atoms with Crippen LogP contribution in [0.3, 0.4) is 0 Å². The number of carbonyl (C=O) groups excluding carboxylic acids is 1. The number of nitrogens with zero attached hydrogens (tertiary/aromatic N) is 2. The van der Waals surface area contributed by atoms with Crippen LogP contribution in [-0.4, -0.2) is 16.7 Å². The molecule has 0 fully saturated rings. The number of hydrogen-bond donors (Lipinski definition) is 2. The molecule has 3 aromatic rings. The molecule has 0 aliphatic rings. The number of nitrogens with two attached hydrogens (primary N) is 1. The second-order valence-corrected chi connectivity index (χ2v) is 5.79. The zero-order valence-electron chi connectivity index (χ0n) is 13.8. The van der Waals surface area contributed by atoms with Gasteiger partial charge in [0.05, 0.1) is 12.6 Å². The maximum Gasteiger partial charge on any atom is 0.244 e. The fraction of sp³-hybridized carbons (Fsp3) is 0.158. The summed E-state index contributed by atoms with van der Waals surface area (Å²) in [7, 11) is 2.02. The number of para-hydroxylation sites is 1. The van der Waals surface area contributed by atoms with Gasteiger partial charge in [-0.1, -0.05) is 30.3 Å². The van der Waals surface area contributed by atoms with Gasteiger partial charge in [-0.05, 0) is 30.7 Å². The Morgan fingerprint density at radius 1 is 1.21 bits per heavy atom. The maximum atomic E-state index is 12.0. The minimum absolute atomic E-state index is 0.158. The van der Waals surface area contributed by atoms with E-state index in [0.29, 0.717) is 5.69 Å². The third kappa shape index (κ3) is 3.15. The van der Waals surface area contributed by atoms with Gasteiger partial charge in [-0.2, -0.15) is 5.10 Å². The summed E-state index contributed by atoms with van der Waals surface area (Å²) >= 11 is 0. The number of carbonyl (C=O) groups is 1. The van der Waals surface area contributed by atoms with Crippen molar-refractivity contribution < 1.29 is 4.79 Å². The normalized spacial score (nSPS) is 11.2. The quantitative estimate of drug-likeness (QED) is 0.441. The van der Waals surface area contributed by atoms with Crippen LogP contribution in [0, 0.1) is 6.92 Å². The predicted molar refractivity (Wildman–Crippen MR) is 98.0 cm³/mol. The molecule has 0 saturated carbocycles. The molecule has 5 heteroatoms. The van der Waals surface area contributed by atoms with Gasteiger partial charge in [0, 0.05) is 34.9 Å². The Balaban J connectivity index is 1.71. The van der Waals surface area contributed by atoms with Crippen molar-refractivity contribution in [2.24, 2.45) is 12.1 Å². The third-order valence-electron chi connectivity index (χ3n) is 4.18. The van der Waals surface area contributed by atoms with Gasteiger partial charge in [0.1, 0.15) is 0 Å². The van der Waals surface area contributed by atoms with Gasteiger partial charge in [-0.15, -0.1) is 0 Å². The van der Waals surface area contributed by atoms with Gasteiger partial charge < -0.3 is 10.3 Å². The number of nitrogen functional groups attached to an aromatic ring is 1. The highest BCUT2D eigenvalue weighted by molar-refractivity contribution is 6.01. The summed E-state index contributed by atoms with van der Waals surface area (Å²) in [5, 5.41) is 5.24. The van der Waals surface area contributed by atoms with Gasteiger partial charge in [0.25, 0.3) is 0 Å². The number of fused-ring (bicyclic) bond motifs is 1. The van der Waals surface area contributed by atoms with Gasteiger partial charge in [0.15, 0.2) is 0 Å². The molecule has 24 heavy (non-hydrogen) atoms. The molecule has 0 saturated heterocycles. The van der Waals surface area contributed by atoms with Gasteiger partial charge in [-0.3, -0.25) is 4.79 Å². The Bertz CT molecular complexity index is 907. The Morgan fingerprint density at radius 3 is 2.67 bits per heavy atom. The lowest BCUT2D eigenvalue weighted by molar-refractivity contribution is -0.120. The zero-order valence-corrected chi connectivity index (χ0v) is 13.8. The smallest absolute Gasteiger partial charge is 0.244 e. The van der Waals surface area contributed by atoms with E-state index >= 15 is 0 Å². The molecule has 3 rings (SSSR count).